The number of thioether (sulfide) groups is 1. The molecule has 0 unspecified atom stereocenters. The van der Waals surface area contributed by atoms with Gasteiger partial charge >= 0.3 is 0 Å². The third-order valence-electron chi connectivity index (χ3n) is 3.92. The molecule has 0 saturated heterocycles. The molecule has 0 aliphatic heterocycles. The van der Waals surface area contributed by atoms with Crippen LogP contribution in [0.3, 0.4) is 0 Å². The van der Waals surface area contributed by atoms with Crippen molar-refractivity contribution < 1.29 is 9.18 Å². The van der Waals surface area contributed by atoms with Crippen LogP contribution in [0.25, 0.3) is 0 Å². The van der Waals surface area contributed by atoms with Crippen LogP contribution in [0.15, 0.2) is 47.1 Å². The van der Waals surface area contributed by atoms with Crippen molar-refractivity contribution in [3.63, 3.8) is 0 Å². The van der Waals surface area contributed by atoms with Crippen molar-refractivity contribution in [2.45, 2.75) is 26.7 Å². The summed E-state index contributed by atoms with van der Waals surface area (Å²) in [4.78, 5) is 24.9. The smallest absolute Gasteiger partial charge is 0.182 e. The first-order valence-electron chi connectivity index (χ1n) is 8.46. The van der Waals surface area contributed by atoms with E-state index in [9.17, 15) is 9.18 Å². The number of benzene rings is 1. The maximum absolute atomic E-state index is 13.6. The molecule has 0 spiro atoms. The maximum Gasteiger partial charge on any atom is 0.182 e. The summed E-state index contributed by atoms with van der Waals surface area (Å²) in [5.74, 6) is 0.113. The Morgan fingerprint density at radius 1 is 1.37 bits per heavy atom. The van der Waals surface area contributed by atoms with Crippen molar-refractivity contribution in [1.82, 2.24) is 9.97 Å². The average molecular weight is 406 g/mol. The minimum absolute atomic E-state index is 0.0168. The topological polar surface area (TPSA) is 55.2 Å². The molecule has 2 aromatic rings. The lowest BCUT2D eigenvalue weighted by atomic mass is 10.0. The zero-order valence-electron chi connectivity index (χ0n) is 15.4. The molecule has 0 fully saturated rings. The fourth-order valence-corrected chi connectivity index (χ4v) is 3.02. The highest BCUT2D eigenvalue weighted by Gasteiger charge is 2.11. The van der Waals surface area contributed by atoms with Gasteiger partial charge in [0, 0.05) is 17.7 Å². The first-order chi connectivity index (χ1) is 12.9. The molecule has 0 aliphatic carbocycles. The van der Waals surface area contributed by atoms with Crippen molar-refractivity contribution in [3.8, 4) is 0 Å². The Balaban J connectivity index is 2.05. The zero-order valence-corrected chi connectivity index (χ0v) is 17.0. The number of hydrogen-bond donors (Lipinski definition) is 0. The monoisotopic (exact) mass is 405 g/mol. The number of aliphatic imine (C=N–C) groups is 1. The Hall–Kier alpha value is -2.05. The molecule has 0 bridgehead atoms. The van der Waals surface area contributed by atoms with Crippen LogP contribution in [0.4, 0.5) is 10.2 Å². The molecular weight excluding hydrogens is 385 g/mol. The van der Waals surface area contributed by atoms with E-state index >= 15 is 0 Å². The molecule has 27 heavy (non-hydrogen) atoms. The van der Waals surface area contributed by atoms with Gasteiger partial charge in [0.2, 0.25) is 0 Å². The van der Waals surface area contributed by atoms with Gasteiger partial charge in [-0.3, -0.25) is 4.79 Å². The summed E-state index contributed by atoms with van der Waals surface area (Å²) in [7, 11) is 0. The minimum atomic E-state index is -0.502. The molecular formula is C20H21ClFN3OS. The summed E-state index contributed by atoms with van der Waals surface area (Å²) in [5.41, 5.74) is 1.32. The van der Waals surface area contributed by atoms with Crippen LogP contribution in [-0.2, 0) is 0 Å². The van der Waals surface area contributed by atoms with Gasteiger partial charge in [-0.25, -0.2) is 19.4 Å². The number of carbonyl (C=O) groups is 1. The maximum atomic E-state index is 13.6. The fourth-order valence-electron chi connectivity index (χ4n) is 2.33. The lowest BCUT2D eigenvalue weighted by Crippen LogP contribution is -2.05. The largest absolute Gasteiger partial charge is 0.292 e. The number of hydrogen-bond acceptors (Lipinski definition) is 5. The second-order valence-corrected chi connectivity index (χ2v) is 7.18. The van der Waals surface area contributed by atoms with Crippen molar-refractivity contribution in [2.75, 3.05) is 6.26 Å². The van der Waals surface area contributed by atoms with Crippen LogP contribution >= 0.6 is 23.4 Å². The van der Waals surface area contributed by atoms with E-state index in [2.05, 4.69) is 28.0 Å². The van der Waals surface area contributed by atoms with Crippen molar-refractivity contribution in [1.29, 1.82) is 0 Å². The third-order valence-corrected chi connectivity index (χ3v) is 4.73. The van der Waals surface area contributed by atoms with Crippen molar-refractivity contribution in [3.05, 3.63) is 64.2 Å². The van der Waals surface area contributed by atoms with Crippen LogP contribution in [0.5, 0.6) is 0 Å². The SMILES string of the molecule is CS/C=C/[C@@H](C)CCC(=O)c1cnc(N=C(C)c2cccc(F)c2Cl)cn1. The molecule has 1 aromatic heterocycles. The number of aromatic nitrogens is 2. The van der Waals surface area contributed by atoms with Crippen LogP contribution in [-0.4, -0.2) is 27.7 Å². The summed E-state index contributed by atoms with van der Waals surface area (Å²) >= 11 is 7.61. The molecule has 0 saturated carbocycles. The van der Waals surface area contributed by atoms with E-state index in [0.29, 0.717) is 35.1 Å². The molecule has 0 N–H and O–H groups in total. The fraction of sp³-hybridized carbons (Fsp3) is 0.300. The van der Waals surface area contributed by atoms with E-state index in [-0.39, 0.29) is 10.8 Å². The highest BCUT2D eigenvalue weighted by molar-refractivity contribution is 8.01. The van der Waals surface area contributed by atoms with Gasteiger partial charge in [0.15, 0.2) is 11.6 Å². The van der Waals surface area contributed by atoms with Crippen molar-refractivity contribution >= 4 is 40.7 Å². The number of nitrogens with zero attached hydrogens (tertiary/aromatic N) is 3. The average Bonchev–Trinajstić information content (AvgIpc) is 2.67. The van der Waals surface area contributed by atoms with Gasteiger partial charge in [0.1, 0.15) is 11.5 Å². The predicted octanol–water partition coefficient (Wildman–Crippen LogP) is 5.89. The molecule has 2 rings (SSSR count). The molecule has 7 heteroatoms. The van der Waals surface area contributed by atoms with Gasteiger partial charge in [-0.1, -0.05) is 36.7 Å². The van der Waals surface area contributed by atoms with E-state index in [1.54, 1.807) is 30.8 Å². The Morgan fingerprint density at radius 2 is 2.15 bits per heavy atom. The van der Waals surface area contributed by atoms with Gasteiger partial charge in [-0.05, 0) is 37.0 Å². The van der Waals surface area contributed by atoms with E-state index < -0.39 is 5.82 Å². The summed E-state index contributed by atoms with van der Waals surface area (Å²) in [6.07, 6.45) is 8.11. The number of rotatable bonds is 8. The Labute approximate surface area is 168 Å². The number of ketones is 1. The zero-order chi connectivity index (χ0) is 19.8. The molecule has 0 radical (unpaired) electrons. The van der Waals surface area contributed by atoms with Gasteiger partial charge < -0.3 is 0 Å². The van der Waals surface area contributed by atoms with Gasteiger partial charge in [0.05, 0.1) is 17.4 Å². The Bertz CT molecular complexity index is 853. The molecule has 4 nitrogen and oxygen atoms in total. The van der Waals surface area contributed by atoms with Crippen LogP contribution in [0.1, 0.15) is 42.7 Å². The van der Waals surface area contributed by atoms with E-state index in [1.165, 1.54) is 18.5 Å². The summed E-state index contributed by atoms with van der Waals surface area (Å²) in [6.45, 7) is 3.79. The highest BCUT2D eigenvalue weighted by Crippen LogP contribution is 2.22. The van der Waals surface area contributed by atoms with Crippen LogP contribution in [0.2, 0.25) is 5.02 Å². The molecule has 1 heterocycles. The van der Waals surface area contributed by atoms with Crippen molar-refractivity contribution in [2.24, 2.45) is 10.9 Å². The standard InChI is InChI=1S/C20H21ClFN3OS/c1-13(9-10-27-3)7-8-18(26)17-11-24-19(12-23-17)25-14(2)15-5-4-6-16(22)20(15)21/h4-6,9-13H,7-8H2,1-3H3/b10-9+,25-14?/t13-/m0/s1. The molecule has 142 valence electrons. The normalized spacial score (nSPS) is 13.1. The number of allylic oxidation sites excluding steroid dienone is 1. The van der Waals surface area contributed by atoms with E-state index in [4.69, 9.17) is 11.6 Å². The van der Waals surface area contributed by atoms with Crippen LogP contribution < -0.4 is 0 Å². The van der Waals surface area contributed by atoms with E-state index in [0.717, 1.165) is 6.42 Å². The summed E-state index contributed by atoms with van der Waals surface area (Å²) in [6, 6.07) is 4.54. The van der Waals surface area contributed by atoms with E-state index in [1.807, 2.05) is 11.7 Å². The number of halogens is 2. The summed E-state index contributed by atoms with van der Waals surface area (Å²) < 4.78 is 13.6. The highest BCUT2D eigenvalue weighted by atomic mass is 35.5. The second-order valence-electron chi connectivity index (χ2n) is 6.06. The summed E-state index contributed by atoms with van der Waals surface area (Å²) in [5, 5.41) is 2.04. The second kappa shape index (κ2) is 10.3. The molecule has 1 aromatic carbocycles. The first-order valence-corrected chi connectivity index (χ1v) is 10.1. The van der Waals surface area contributed by atoms with Gasteiger partial charge in [-0.15, -0.1) is 11.8 Å². The minimum Gasteiger partial charge on any atom is -0.292 e. The lowest BCUT2D eigenvalue weighted by Gasteiger charge is -2.06. The van der Waals surface area contributed by atoms with Gasteiger partial charge in [0.25, 0.3) is 0 Å². The quantitative estimate of drug-likeness (QED) is 0.406. The van der Waals surface area contributed by atoms with Crippen LogP contribution in [0, 0.1) is 11.7 Å². The first kappa shape index (κ1) is 21.3. The van der Waals surface area contributed by atoms with Gasteiger partial charge in [-0.2, -0.15) is 0 Å². The molecule has 1 atom stereocenters. The number of carbonyl (C=O) groups excluding carboxylic acids is 1. The molecule has 0 amide bonds. The predicted molar refractivity (Wildman–Crippen MR) is 111 cm³/mol. The molecule has 0 aliphatic rings. The lowest BCUT2D eigenvalue weighted by molar-refractivity contribution is 0.0971. The Kier molecular flexibility index (Phi) is 8.13. The third kappa shape index (κ3) is 6.26. The Morgan fingerprint density at radius 3 is 2.81 bits per heavy atom. The number of Topliss-reactive ketones (excluding diaryl/α,β-unsaturated/α-hetero) is 1.